The Labute approximate surface area is 191 Å². The van der Waals surface area contributed by atoms with Crippen LogP contribution in [0.3, 0.4) is 0 Å². The Morgan fingerprint density at radius 2 is 2.13 bits per heavy atom. The first-order valence-corrected chi connectivity index (χ1v) is 10.8. The highest BCUT2D eigenvalue weighted by molar-refractivity contribution is 9.10. The predicted molar refractivity (Wildman–Crippen MR) is 125 cm³/mol. The van der Waals surface area contributed by atoms with Crippen LogP contribution in [0.25, 0.3) is 6.08 Å². The van der Waals surface area contributed by atoms with Gasteiger partial charge in [-0.15, -0.1) is 0 Å². The molecule has 162 valence electrons. The van der Waals surface area contributed by atoms with E-state index in [2.05, 4.69) is 26.3 Å². The molecule has 3 aromatic rings. The van der Waals surface area contributed by atoms with E-state index in [-0.39, 0.29) is 5.91 Å². The quantitative estimate of drug-likeness (QED) is 0.333. The van der Waals surface area contributed by atoms with Crippen LogP contribution in [0, 0.1) is 6.92 Å². The third-order valence-electron chi connectivity index (χ3n) is 4.58. The average Bonchev–Trinajstić information content (AvgIpc) is 3.19. The number of hydrogen-bond donors (Lipinski definition) is 1. The summed E-state index contributed by atoms with van der Waals surface area (Å²) in [5, 5.41) is 7.08. The number of ether oxygens (including phenoxy) is 2. The van der Waals surface area contributed by atoms with Crippen molar-refractivity contribution in [3.63, 3.8) is 0 Å². The number of nitrogens with zero attached hydrogens (tertiary/aromatic N) is 2. The zero-order valence-electron chi connectivity index (χ0n) is 17.7. The lowest BCUT2D eigenvalue weighted by atomic mass is 10.1. The van der Waals surface area contributed by atoms with Gasteiger partial charge in [-0.05, 0) is 70.7 Å². The highest BCUT2D eigenvalue weighted by Gasteiger charge is 2.06. The molecule has 31 heavy (non-hydrogen) atoms. The van der Waals surface area contributed by atoms with E-state index >= 15 is 0 Å². The fraction of sp³-hybridized carbons (Fsp3) is 0.250. The number of benzene rings is 2. The van der Waals surface area contributed by atoms with E-state index in [1.807, 2.05) is 60.3 Å². The van der Waals surface area contributed by atoms with Crippen molar-refractivity contribution >= 4 is 27.9 Å². The molecule has 0 spiro atoms. The Morgan fingerprint density at radius 1 is 1.26 bits per heavy atom. The Balaban J connectivity index is 1.52. The molecule has 0 aliphatic carbocycles. The molecule has 2 aromatic carbocycles. The first kappa shape index (κ1) is 22.6. The van der Waals surface area contributed by atoms with Crippen molar-refractivity contribution in [1.82, 2.24) is 15.1 Å². The molecule has 0 atom stereocenters. The highest BCUT2D eigenvalue weighted by atomic mass is 79.9. The van der Waals surface area contributed by atoms with Crippen LogP contribution in [-0.4, -0.2) is 29.3 Å². The molecule has 0 aliphatic heterocycles. The van der Waals surface area contributed by atoms with Crippen molar-refractivity contribution in [3.8, 4) is 11.5 Å². The number of rotatable bonds is 10. The van der Waals surface area contributed by atoms with E-state index < -0.39 is 0 Å². The summed E-state index contributed by atoms with van der Waals surface area (Å²) in [6.07, 6.45) is 7.78. The summed E-state index contributed by atoms with van der Waals surface area (Å²) >= 11 is 3.37. The molecule has 0 fully saturated rings. The number of halogens is 1. The summed E-state index contributed by atoms with van der Waals surface area (Å²) in [6.45, 7) is 3.74. The lowest BCUT2D eigenvalue weighted by molar-refractivity contribution is -0.116. The smallest absolute Gasteiger partial charge is 0.244 e. The van der Waals surface area contributed by atoms with Crippen LogP contribution in [0.4, 0.5) is 0 Å². The number of aryl methyl sites for hydroxylation is 2. The summed E-state index contributed by atoms with van der Waals surface area (Å²) in [6, 6.07) is 13.7. The Bertz CT molecular complexity index is 1050. The third kappa shape index (κ3) is 7.29. The summed E-state index contributed by atoms with van der Waals surface area (Å²) in [5.74, 6) is 1.43. The number of amides is 1. The van der Waals surface area contributed by atoms with Gasteiger partial charge in [-0.3, -0.25) is 9.48 Å². The first-order chi connectivity index (χ1) is 15.0. The molecule has 6 nitrogen and oxygen atoms in total. The minimum atomic E-state index is -0.130. The monoisotopic (exact) mass is 483 g/mol. The van der Waals surface area contributed by atoms with Gasteiger partial charge >= 0.3 is 0 Å². The molecular weight excluding hydrogens is 458 g/mol. The molecule has 0 saturated heterocycles. The number of carbonyl (C=O) groups is 1. The normalized spacial score (nSPS) is 10.9. The predicted octanol–water partition coefficient (Wildman–Crippen LogP) is 4.76. The average molecular weight is 484 g/mol. The van der Waals surface area contributed by atoms with Gasteiger partial charge in [-0.25, -0.2) is 0 Å². The van der Waals surface area contributed by atoms with Gasteiger partial charge in [0.2, 0.25) is 5.91 Å². The lowest BCUT2D eigenvalue weighted by Gasteiger charge is -2.11. The highest BCUT2D eigenvalue weighted by Crippen LogP contribution is 2.23. The standard InChI is InChI=1S/C24H26BrN3O3/c1-18-5-3-6-22(13-18)31-17-20-14-19(7-9-23(20)30-2)8-10-24(29)26-11-4-12-28-16-21(25)15-27-28/h3,5-10,13-16H,4,11-12,17H2,1-2H3,(H,26,29)/b10-8+. The van der Waals surface area contributed by atoms with Gasteiger partial charge < -0.3 is 14.8 Å². The van der Waals surface area contributed by atoms with Crippen LogP contribution in [0.5, 0.6) is 11.5 Å². The van der Waals surface area contributed by atoms with Gasteiger partial charge in [-0.1, -0.05) is 18.2 Å². The Hall–Kier alpha value is -3.06. The lowest BCUT2D eigenvalue weighted by Crippen LogP contribution is -2.23. The fourth-order valence-corrected chi connectivity index (χ4v) is 3.35. The largest absolute Gasteiger partial charge is 0.496 e. The van der Waals surface area contributed by atoms with Gasteiger partial charge in [0.15, 0.2) is 0 Å². The fourth-order valence-electron chi connectivity index (χ4n) is 3.03. The summed E-state index contributed by atoms with van der Waals surface area (Å²) in [5.41, 5.74) is 2.96. The van der Waals surface area contributed by atoms with Crippen LogP contribution in [0.1, 0.15) is 23.1 Å². The molecule has 0 radical (unpaired) electrons. The molecular formula is C24H26BrN3O3. The Morgan fingerprint density at radius 3 is 2.87 bits per heavy atom. The van der Waals surface area contributed by atoms with E-state index in [0.717, 1.165) is 45.6 Å². The number of aromatic nitrogens is 2. The zero-order chi connectivity index (χ0) is 22.1. The van der Waals surface area contributed by atoms with Crippen LogP contribution < -0.4 is 14.8 Å². The molecule has 1 heterocycles. The molecule has 0 bridgehead atoms. The van der Waals surface area contributed by atoms with Crippen molar-refractivity contribution in [2.45, 2.75) is 26.5 Å². The van der Waals surface area contributed by atoms with Gasteiger partial charge in [0.05, 0.1) is 17.8 Å². The van der Waals surface area contributed by atoms with Crippen molar-refractivity contribution in [3.05, 3.63) is 82.1 Å². The van der Waals surface area contributed by atoms with Gasteiger partial charge in [0.1, 0.15) is 18.1 Å². The number of nitrogens with one attached hydrogen (secondary N) is 1. The topological polar surface area (TPSA) is 65.4 Å². The van der Waals surface area contributed by atoms with Crippen LogP contribution >= 0.6 is 15.9 Å². The van der Waals surface area contributed by atoms with Gasteiger partial charge in [0, 0.05) is 30.9 Å². The molecule has 1 N–H and O–H groups in total. The van der Waals surface area contributed by atoms with Gasteiger partial charge in [0.25, 0.3) is 0 Å². The zero-order valence-corrected chi connectivity index (χ0v) is 19.3. The maximum Gasteiger partial charge on any atom is 0.244 e. The van der Waals surface area contributed by atoms with Crippen molar-refractivity contribution in [1.29, 1.82) is 0 Å². The summed E-state index contributed by atoms with van der Waals surface area (Å²) in [7, 11) is 1.64. The third-order valence-corrected chi connectivity index (χ3v) is 4.99. The van der Waals surface area contributed by atoms with Gasteiger partial charge in [-0.2, -0.15) is 5.10 Å². The molecule has 1 aromatic heterocycles. The molecule has 0 aliphatic rings. The second-order valence-corrected chi connectivity index (χ2v) is 7.99. The summed E-state index contributed by atoms with van der Waals surface area (Å²) < 4.78 is 14.1. The number of carbonyl (C=O) groups excluding carboxylic acids is 1. The van der Waals surface area contributed by atoms with Crippen molar-refractivity contribution in [2.24, 2.45) is 0 Å². The van der Waals surface area contributed by atoms with Crippen molar-refractivity contribution in [2.75, 3.05) is 13.7 Å². The van der Waals surface area contributed by atoms with E-state index in [4.69, 9.17) is 9.47 Å². The van der Waals surface area contributed by atoms with Crippen molar-refractivity contribution < 1.29 is 14.3 Å². The maximum atomic E-state index is 12.1. The molecule has 1 amide bonds. The van der Waals surface area contributed by atoms with Crippen LogP contribution in [-0.2, 0) is 17.9 Å². The molecule has 0 unspecified atom stereocenters. The summed E-state index contributed by atoms with van der Waals surface area (Å²) in [4.78, 5) is 12.1. The molecule has 7 heteroatoms. The molecule has 0 saturated carbocycles. The molecule has 3 rings (SSSR count). The minimum Gasteiger partial charge on any atom is -0.496 e. The number of methoxy groups -OCH3 is 1. The number of hydrogen-bond acceptors (Lipinski definition) is 4. The second kappa shape index (κ2) is 11.4. The Kier molecular flexibility index (Phi) is 8.29. The van der Waals surface area contributed by atoms with E-state index in [1.165, 1.54) is 6.08 Å². The maximum absolute atomic E-state index is 12.1. The van der Waals surface area contributed by atoms with E-state index in [9.17, 15) is 4.79 Å². The van der Waals surface area contributed by atoms with E-state index in [1.54, 1.807) is 19.4 Å². The van der Waals surface area contributed by atoms with Crippen LogP contribution in [0.2, 0.25) is 0 Å². The van der Waals surface area contributed by atoms with Crippen LogP contribution in [0.15, 0.2) is 65.4 Å². The second-order valence-electron chi connectivity index (χ2n) is 7.08. The SMILES string of the molecule is COc1ccc(/C=C/C(=O)NCCCn2cc(Br)cn2)cc1COc1cccc(C)c1. The first-order valence-electron chi connectivity index (χ1n) is 10.0. The van der Waals surface area contributed by atoms with E-state index in [0.29, 0.717) is 13.2 Å². The minimum absolute atomic E-state index is 0.130.